The predicted molar refractivity (Wildman–Crippen MR) is 157 cm³/mol. The molecular weight excluding hydrogens is 521 g/mol. The second-order valence-electron chi connectivity index (χ2n) is 12.8. The van der Waals surface area contributed by atoms with E-state index in [9.17, 15) is 9.18 Å². The molecule has 220 valence electrons. The summed E-state index contributed by atoms with van der Waals surface area (Å²) in [5, 5.41) is 8.23. The summed E-state index contributed by atoms with van der Waals surface area (Å²) >= 11 is 0. The number of pyridine rings is 1. The number of halogens is 1. The fourth-order valence-electron chi connectivity index (χ4n) is 6.81. The molecule has 0 saturated carbocycles. The van der Waals surface area contributed by atoms with Crippen molar-refractivity contribution < 1.29 is 13.9 Å². The van der Waals surface area contributed by atoms with E-state index >= 15 is 0 Å². The first-order chi connectivity index (χ1) is 19.6. The van der Waals surface area contributed by atoms with Crippen LogP contribution in [-0.4, -0.2) is 101 Å². The second-order valence-corrected chi connectivity index (χ2v) is 12.8. The standard InChI is InChI=1S/C31H42FN7O2/c1-20-10-25(32)7-6-23(20)11-24-12-27-29(39-30(24)34-19-35-39)31(4,5)18-38(27)28(40)16-37-14-21(2)33-13-26(37)15-36-8-9-41-17-22(36)3/h6-7,10,12,19,21-22,26,33H,8-9,11,13-18H2,1-5H3/t21-,22-,26-/m1/s1. The van der Waals surface area contributed by atoms with Crippen molar-refractivity contribution in [2.24, 2.45) is 0 Å². The van der Waals surface area contributed by atoms with Crippen molar-refractivity contribution in [1.29, 1.82) is 0 Å². The van der Waals surface area contributed by atoms with Crippen LogP contribution in [0.2, 0.25) is 0 Å². The third kappa shape index (κ3) is 5.50. The minimum absolute atomic E-state index is 0.106. The van der Waals surface area contributed by atoms with E-state index in [0.717, 1.165) is 73.1 Å². The average molecular weight is 564 g/mol. The van der Waals surface area contributed by atoms with Gasteiger partial charge in [0.15, 0.2) is 5.65 Å². The fourth-order valence-corrected chi connectivity index (χ4v) is 6.81. The molecule has 3 aliphatic heterocycles. The quantitative estimate of drug-likeness (QED) is 0.494. The Morgan fingerprint density at radius 2 is 2.02 bits per heavy atom. The third-order valence-electron chi connectivity index (χ3n) is 9.09. The number of nitrogens with zero attached hydrogens (tertiary/aromatic N) is 6. The summed E-state index contributed by atoms with van der Waals surface area (Å²) < 4.78 is 21.4. The van der Waals surface area contributed by atoms with Gasteiger partial charge >= 0.3 is 0 Å². The minimum atomic E-state index is -0.291. The molecule has 2 fully saturated rings. The van der Waals surface area contributed by atoms with Gasteiger partial charge in [0, 0.05) is 68.2 Å². The van der Waals surface area contributed by atoms with Crippen LogP contribution in [0.5, 0.6) is 0 Å². The van der Waals surface area contributed by atoms with Gasteiger partial charge in [-0.15, -0.1) is 0 Å². The van der Waals surface area contributed by atoms with Gasteiger partial charge in [-0.2, -0.15) is 5.10 Å². The van der Waals surface area contributed by atoms with Crippen LogP contribution in [-0.2, 0) is 21.4 Å². The number of hydrogen-bond acceptors (Lipinski definition) is 7. The summed E-state index contributed by atoms with van der Waals surface area (Å²) in [6.45, 7) is 16.7. The lowest BCUT2D eigenvalue weighted by Gasteiger charge is -2.43. The molecule has 1 N–H and O–H groups in total. The van der Waals surface area contributed by atoms with Gasteiger partial charge in [-0.05, 0) is 50.1 Å². The van der Waals surface area contributed by atoms with E-state index < -0.39 is 0 Å². The van der Waals surface area contributed by atoms with Gasteiger partial charge < -0.3 is 15.0 Å². The van der Waals surface area contributed by atoms with Gasteiger partial charge in [-0.1, -0.05) is 19.9 Å². The number of amides is 1. The van der Waals surface area contributed by atoms with Crippen molar-refractivity contribution in [3.8, 4) is 0 Å². The number of rotatable bonds is 6. The van der Waals surface area contributed by atoms with Crippen LogP contribution in [0.4, 0.5) is 10.1 Å². The number of piperazine rings is 1. The van der Waals surface area contributed by atoms with Crippen LogP contribution in [0.1, 0.15) is 50.1 Å². The minimum Gasteiger partial charge on any atom is -0.379 e. The molecular formula is C31H42FN7O2. The molecule has 3 atom stereocenters. The number of carbonyl (C=O) groups is 1. The molecule has 0 bridgehead atoms. The zero-order valence-electron chi connectivity index (χ0n) is 24.9. The van der Waals surface area contributed by atoms with E-state index in [0.29, 0.717) is 31.6 Å². The highest BCUT2D eigenvalue weighted by Crippen LogP contribution is 2.42. The Morgan fingerprint density at radius 3 is 2.80 bits per heavy atom. The Balaban J connectivity index is 1.29. The highest BCUT2D eigenvalue weighted by molar-refractivity contribution is 5.97. The maximum atomic E-state index is 14.2. The monoisotopic (exact) mass is 563 g/mol. The first-order valence-electron chi connectivity index (χ1n) is 14.8. The molecule has 1 aromatic carbocycles. The van der Waals surface area contributed by atoms with E-state index in [1.165, 1.54) is 6.07 Å². The highest BCUT2D eigenvalue weighted by Gasteiger charge is 2.42. The summed E-state index contributed by atoms with van der Waals surface area (Å²) in [5.41, 5.74) is 5.29. The number of nitrogens with one attached hydrogen (secondary N) is 1. The summed E-state index contributed by atoms with van der Waals surface area (Å²) in [5.74, 6) is -0.135. The maximum Gasteiger partial charge on any atom is 0.241 e. The van der Waals surface area contributed by atoms with Crippen molar-refractivity contribution in [2.45, 2.75) is 64.6 Å². The zero-order valence-corrected chi connectivity index (χ0v) is 24.9. The Morgan fingerprint density at radius 1 is 1.20 bits per heavy atom. The van der Waals surface area contributed by atoms with Gasteiger partial charge in [-0.25, -0.2) is 13.9 Å². The molecule has 3 aliphatic rings. The first-order valence-corrected chi connectivity index (χ1v) is 14.8. The molecule has 2 saturated heterocycles. The number of carbonyl (C=O) groups excluding carboxylic acids is 1. The van der Waals surface area contributed by atoms with Crippen LogP contribution < -0.4 is 10.2 Å². The predicted octanol–water partition coefficient (Wildman–Crippen LogP) is 2.77. The molecule has 10 heteroatoms. The summed E-state index contributed by atoms with van der Waals surface area (Å²) in [4.78, 5) is 25.6. The highest BCUT2D eigenvalue weighted by atomic mass is 19.1. The topological polar surface area (TPSA) is 78.2 Å². The summed E-state index contributed by atoms with van der Waals surface area (Å²) in [6.07, 6.45) is 2.16. The van der Waals surface area contributed by atoms with Crippen LogP contribution >= 0.6 is 0 Å². The molecule has 0 radical (unpaired) electrons. The van der Waals surface area contributed by atoms with Gasteiger partial charge in [-0.3, -0.25) is 14.6 Å². The largest absolute Gasteiger partial charge is 0.379 e. The van der Waals surface area contributed by atoms with Crippen molar-refractivity contribution in [3.05, 3.63) is 58.8 Å². The lowest BCUT2D eigenvalue weighted by Crippen LogP contribution is -2.62. The van der Waals surface area contributed by atoms with E-state index in [1.54, 1.807) is 12.4 Å². The van der Waals surface area contributed by atoms with E-state index in [1.807, 2.05) is 22.4 Å². The van der Waals surface area contributed by atoms with Crippen molar-refractivity contribution >= 4 is 17.2 Å². The SMILES string of the molecule is Cc1cc(F)ccc1Cc1cc2c(n3ncnc13)C(C)(C)CN2C(=O)CN1C[C@@H](C)NC[C@@H]1CN1CCOC[C@H]1C. The summed E-state index contributed by atoms with van der Waals surface area (Å²) in [6, 6.07) is 7.95. The van der Waals surface area contributed by atoms with E-state index in [2.05, 4.69) is 59.0 Å². The smallest absolute Gasteiger partial charge is 0.241 e. The van der Waals surface area contributed by atoms with Crippen molar-refractivity contribution in [1.82, 2.24) is 29.7 Å². The number of hydrogen-bond donors (Lipinski definition) is 1. The van der Waals surface area contributed by atoms with Crippen LogP contribution in [0, 0.1) is 12.7 Å². The molecule has 6 rings (SSSR count). The number of fused-ring (bicyclic) bond motifs is 3. The van der Waals surface area contributed by atoms with Gasteiger partial charge in [0.1, 0.15) is 12.1 Å². The van der Waals surface area contributed by atoms with Gasteiger partial charge in [0.25, 0.3) is 0 Å². The first kappa shape index (κ1) is 28.2. The molecule has 0 spiro atoms. The molecule has 0 aliphatic carbocycles. The maximum absolute atomic E-state index is 14.2. The Bertz CT molecular complexity index is 1440. The zero-order chi connectivity index (χ0) is 28.9. The number of aryl methyl sites for hydroxylation is 1. The number of benzene rings is 1. The van der Waals surface area contributed by atoms with Crippen molar-refractivity contribution in [2.75, 3.05) is 57.4 Å². The normalized spacial score (nSPS) is 25.1. The number of ether oxygens (including phenoxy) is 1. The van der Waals surface area contributed by atoms with Crippen LogP contribution in [0.25, 0.3) is 5.65 Å². The Labute approximate surface area is 241 Å². The van der Waals surface area contributed by atoms with Crippen LogP contribution in [0.15, 0.2) is 30.6 Å². The molecule has 9 nitrogen and oxygen atoms in total. The number of anilines is 1. The third-order valence-corrected chi connectivity index (χ3v) is 9.09. The second kappa shape index (κ2) is 11.1. The van der Waals surface area contributed by atoms with Gasteiger partial charge in [0.2, 0.25) is 5.91 Å². The van der Waals surface area contributed by atoms with Crippen molar-refractivity contribution in [3.63, 3.8) is 0 Å². The molecule has 1 amide bonds. The van der Waals surface area contributed by atoms with E-state index in [4.69, 9.17) is 4.74 Å². The fraction of sp³-hybridized carbons (Fsp3) is 0.581. The lowest BCUT2D eigenvalue weighted by atomic mass is 9.90. The van der Waals surface area contributed by atoms with Gasteiger partial charge in [0.05, 0.1) is 31.1 Å². The molecule has 0 unspecified atom stereocenters. The number of aromatic nitrogens is 3. The Kier molecular flexibility index (Phi) is 7.61. The Hall–Kier alpha value is -2.92. The van der Waals surface area contributed by atoms with Crippen LogP contribution in [0.3, 0.4) is 0 Å². The molecule has 3 aromatic rings. The molecule has 2 aromatic heterocycles. The van der Waals surface area contributed by atoms with E-state index in [-0.39, 0.29) is 23.2 Å². The molecule has 5 heterocycles. The molecule has 41 heavy (non-hydrogen) atoms. The number of morpholine rings is 1. The lowest BCUT2D eigenvalue weighted by molar-refractivity contribution is -0.121. The average Bonchev–Trinajstić information content (AvgIpc) is 3.51. The summed E-state index contributed by atoms with van der Waals surface area (Å²) in [7, 11) is 0.